The van der Waals surface area contributed by atoms with E-state index in [1.54, 1.807) is 18.3 Å². The van der Waals surface area contributed by atoms with Crippen LogP contribution >= 0.6 is 11.6 Å². The lowest BCUT2D eigenvalue weighted by Gasteiger charge is -2.28. The van der Waals surface area contributed by atoms with Crippen LogP contribution in [0.1, 0.15) is 54.0 Å². The molecule has 0 saturated heterocycles. The van der Waals surface area contributed by atoms with Crippen molar-refractivity contribution in [3.63, 3.8) is 0 Å². The first kappa shape index (κ1) is 25.9. The van der Waals surface area contributed by atoms with Crippen LogP contribution in [0.3, 0.4) is 0 Å². The van der Waals surface area contributed by atoms with E-state index in [2.05, 4.69) is 21.5 Å². The molecule has 2 atom stereocenters. The molecule has 1 aromatic carbocycles. The van der Waals surface area contributed by atoms with Crippen molar-refractivity contribution in [1.29, 1.82) is 0 Å². The summed E-state index contributed by atoms with van der Waals surface area (Å²) in [6, 6.07) is 11.3. The zero-order chi connectivity index (χ0) is 26.6. The number of para-hydroxylation sites is 1. The monoisotopic (exact) mass is 530 g/mol. The highest BCUT2D eigenvalue weighted by Gasteiger charge is 2.26. The Balaban J connectivity index is 1.22. The van der Waals surface area contributed by atoms with Crippen molar-refractivity contribution >= 4 is 34.1 Å². The summed E-state index contributed by atoms with van der Waals surface area (Å²) in [5, 5.41) is 1.58. The van der Waals surface area contributed by atoms with Gasteiger partial charge in [-0.25, -0.2) is 14.4 Å². The number of allylic oxidation sites excluding steroid dienone is 1. The molecule has 8 heteroatoms. The zero-order valence-corrected chi connectivity index (χ0v) is 21.7. The Morgan fingerprint density at radius 2 is 1.89 bits per heavy atom. The van der Waals surface area contributed by atoms with Gasteiger partial charge in [-0.2, -0.15) is 0 Å². The molecule has 0 spiro atoms. The summed E-state index contributed by atoms with van der Waals surface area (Å²) in [6.45, 7) is 3.02. The predicted molar refractivity (Wildman–Crippen MR) is 146 cm³/mol. The number of fused-ring (bicyclic) bond motifs is 1. The molecule has 1 N–H and O–H groups in total. The number of H-pyrrole nitrogens is 1. The average Bonchev–Trinajstić information content (AvgIpc) is 3.34. The maximum Gasteiger partial charge on any atom is 0.194 e. The molecule has 0 unspecified atom stereocenters. The van der Waals surface area contributed by atoms with Crippen LogP contribution in [0.2, 0.25) is 5.02 Å². The van der Waals surface area contributed by atoms with Gasteiger partial charge in [0.25, 0.3) is 0 Å². The lowest BCUT2D eigenvalue weighted by atomic mass is 9.77. The quantitative estimate of drug-likeness (QED) is 0.188. The second kappa shape index (κ2) is 11.4. The fourth-order valence-electron chi connectivity index (χ4n) is 5.33. The molecule has 1 fully saturated rings. The number of hydrogen-bond donors (Lipinski definition) is 1. The van der Waals surface area contributed by atoms with Gasteiger partial charge in [0.1, 0.15) is 11.5 Å². The highest BCUT2D eigenvalue weighted by atomic mass is 35.5. The van der Waals surface area contributed by atoms with Crippen molar-refractivity contribution in [3.05, 3.63) is 89.5 Å². The fraction of sp³-hybridized carbons (Fsp3) is 0.300. The van der Waals surface area contributed by atoms with Gasteiger partial charge in [-0.15, -0.1) is 0 Å². The second-order valence-electron chi connectivity index (χ2n) is 10.0. The first-order valence-corrected chi connectivity index (χ1v) is 13.2. The third-order valence-corrected chi connectivity index (χ3v) is 7.53. The standard InChI is InChI=1S/C30H28ClFN4O2/c1-18(32)27(37)13-21-9-10-26(33-15-21)28(38)12-19-5-4-6-20(11-19)14-29-35-17-24(31)30(36-29)23-16-34-25-8-3-2-7-22(23)25/h2-3,7-10,15-17,19-20,34H,1,4-6,11-14H2/t19-,20+/m0/s1. The summed E-state index contributed by atoms with van der Waals surface area (Å²) < 4.78 is 12.9. The Morgan fingerprint density at radius 3 is 2.68 bits per heavy atom. The topological polar surface area (TPSA) is 88.6 Å². The van der Waals surface area contributed by atoms with Crippen LogP contribution in [-0.4, -0.2) is 31.5 Å². The summed E-state index contributed by atoms with van der Waals surface area (Å²) in [7, 11) is 0. The number of carbonyl (C=O) groups is 2. The predicted octanol–water partition coefficient (Wildman–Crippen LogP) is 6.89. The molecule has 0 bridgehead atoms. The van der Waals surface area contributed by atoms with Crippen molar-refractivity contribution < 1.29 is 14.0 Å². The smallest absolute Gasteiger partial charge is 0.194 e. The van der Waals surface area contributed by atoms with E-state index in [0.717, 1.165) is 60.1 Å². The van der Waals surface area contributed by atoms with Crippen molar-refractivity contribution in [3.8, 4) is 11.3 Å². The number of aromatic nitrogens is 4. The highest BCUT2D eigenvalue weighted by molar-refractivity contribution is 6.33. The minimum absolute atomic E-state index is 0.0206. The van der Waals surface area contributed by atoms with Gasteiger partial charge >= 0.3 is 0 Å². The maximum atomic E-state index is 12.9. The second-order valence-corrected chi connectivity index (χ2v) is 10.4. The van der Waals surface area contributed by atoms with Crippen LogP contribution in [-0.2, 0) is 17.6 Å². The largest absolute Gasteiger partial charge is 0.360 e. The van der Waals surface area contributed by atoms with Crippen molar-refractivity contribution in [2.45, 2.75) is 44.9 Å². The van der Waals surface area contributed by atoms with Gasteiger partial charge in [0.2, 0.25) is 0 Å². The molecule has 1 aliphatic rings. The van der Waals surface area contributed by atoms with Gasteiger partial charge in [0, 0.05) is 54.3 Å². The molecule has 1 aliphatic carbocycles. The Hall–Kier alpha value is -3.71. The summed E-state index contributed by atoms with van der Waals surface area (Å²) >= 11 is 6.50. The van der Waals surface area contributed by atoms with Gasteiger partial charge in [-0.05, 0) is 48.8 Å². The number of carbonyl (C=O) groups excluding carboxylic acids is 2. The third-order valence-electron chi connectivity index (χ3n) is 7.25. The van der Waals surface area contributed by atoms with Gasteiger partial charge in [-0.1, -0.05) is 48.9 Å². The number of pyridine rings is 1. The van der Waals surface area contributed by atoms with E-state index in [1.807, 2.05) is 30.5 Å². The Kier molecular flexibility index (Phi) is 7.74. The average molecular weight is 531 g/mol. The van der Waals surface area contributed by atoms with Gasteiger partial charge in [-0.3, -0.25) is 14.6 Å². The fourth-order valence-corrected chi connectivity index (χ4v) is 5.52. The minimum Gasteiger partial charge on any atom is -0.360 e. The van der Waals surface area contributed by atoms with E-state index in [0.29, 0.717) is 28.6 Å². The molecule has 1 saturated carbocycles. The lowest BCUT2D eigenvalue weighted by molar-refractivity contribution is -0.116. The molecule has 194 valence electrons. The number of hydrogen-bond acceptors (Lipinski definition) is 5. The Bertz CT molecular complexity index is 1500. The van der Waals surface area contributed by atoms with E-state index >= 15 is 0 Å². The molecular weight excluding hydrogens is 503 g/mol. The Morgan fingerprint density at radius 1 is 1.08 bits per heavy atom. The zero-order valence-electron chi connectivity index (χ0n) is 20.9. The number of Topliss-reactive ketones (excluding diaryl/α,β-unsaturated/α-hetero) is 2. The van der Waals surface area contributed by atoms with Crippen molar-refractivity contribution in [1.82, 2.24) is 19.9 Å². The number of nitrogens with one attached hydrogen (secondary N) is 1. The normalized spacial score (nSPS) is 17.4. The van der Waals surface area contributed by atoms with Crippen LogP contribution in [0.4, 0.5) is 4.39 Å². The van der Waals surface area contributed by atoms with Gasteiger partial charge < -0.3 is 4.98 Å². The van der Waals surface area contributed by atoms with E-state index in [9.17, 15) is 14.0 Å². The van der Waals surface area contributed by atoms with E-state index < -0.39 is 11.6 Å². The van der Waals surface area contributed by atoms with Crippen molar-refractivity contribution in [2.75, 3.05) is 0 Å². The molecule has 6 nitrogen and oxygen atoms in total. The molecule has 3 heterocycles. The van der Waals surface area contributed by atoms with E-state index in [-0.39, 0.29) is 18.1 Å². The molecular formula is C30H28ClFN4O2. The maximum absolute atomic E-state index is 12.9. The van der Waals surface area contributed by atoms with E-state index in [4.69, 9.17) is 16.6 Å². The van der Waals surface area contributed by atoms with Gasteiger partial charge in [0.05, 0.1) is 10.7 Å². The summed E-state index contributed by atoms with van der Waals surface area (Å²) in [4.78, 5) is 41.3. The molecule has 4 aromatic rings. The molecule has 3 aromatic heterocycles. The SMILES string of the molecule is C=C(F)C(=O)Cc1ccc(C(=O)C[C@H]2CCC[C@@H](Cc3ncc(Cl)c(-c4c[nH]c5ccccc45)n3)C2)nc1. The number of halogens is 2. The van der Waals surface area contributed by atoms with Crippen LogP contribution in [0, 0.1) is 11.8 Å². The third kappa shape index (κ3) is 5.89. The summed E-state index contributed by atoms with van der Waals surface area (Å²) in [5.74, 6) is -0.275. The summed E-state index contributed by atoms with van der Waals surface area (Å²) in [6.07, 6.45) is 10.1. The van der Waals surface area contributed by atoms with Crippen LogP contribution in [0.15, 0.2) is 67.4 Å². The molecule has 0 amide bonds. The van der Waals surface area contributed by atoms with Crippen LogP contribution < -0.4 is 0 Å². The number of ketones is 2. The number of rotatable bonds is 9. The number of aromatic amines is 1. The van der Waals surface area contributed by atoms with Gasteiger partial charge in [0.15, 0.2) is 17.4 Å². The molecule has 38 heavy (non-hydrogen) atoms. The lowest BCUT2D eigenvalue weighted by Crippen LogP contribution is -2.21. The van der Waals surface area contributed by atoms with E-state index in [1.165, 1.54) is 6.20 Å². The van der Waals surface area contributed by atoms with Crippen LogP contribution in [0.25, 0.3) is 22.2 Å². The molecule has 0 radical (unpaired) electrons. The van der Waals surface area contributed by atoms with Crippen LogP contribution in [0.5, 0.6) is 0 Å². The van der Waals surface area contributed by atoms with Crippen molar-refractivity contribution in [2.24, 2.45) is 11.8 Å². The number of nitrogens with zero attached hydrogens (tertiary/aromatic N) is 3. The molecule has 5 rings (SSSR count). The first-order valence-electron chi connectivity index (χ1n) is 12.8. The minimum atomic E-state index is -0.977. The summed E-state index contributed by atoms with van der Waals surface area (Å²) in [5.41, 5.74) is 3.63. The number of benzene rings is 1. The first-order chi connectivity index (χ1) is 18.4. The highest BCUT2D eigenvalue weighted by Crippen LogP contribution is 2.35. The molecule has 0 aliphatic heterocycles. The Labute approximate surface area is 225 Å².